The zero-order valence-electron chi connectivity index (χ0n) is 17.9. The summed E-state index contributed by atoms with van der Waals surface area (Å²) in [5, 5.41) is 2.85. The SMILES string of the molecule is CCOc1ccc(/C=C/C(=O)N2CCC3(CC2)NC(=O)N(C(C)C)C3=O)cc1OC. The molecule has 0 saturated carbocycles. The van der Waals surface area contributed by atoms with Crippen molar-refractivity contribution in [3.8, 4) is 11.5 Å². The van der Waals surface area contributed by atoms with Gasteiger partial charge in [0, 0.05) is 25.2 Å². The lowest BCUT2D eigenvalue weighted by Gasteiger charge is -2.37. The van der Waals surface area contributed by atoms with Crippen molar-refractivity contribution in [2.24, 2.45) is 0 Å². The predicted molar refractivity (Wildman–Crippen MR) is 112 cm³/mol. The second-order valence-electron chi connectivity index (χ2n) is 7.78. The van der Waals surface area contributed by atoms with E-state index in [1.807, 2.05) is 39.0 Å². The largest absolute Gasteiger partial charge is 0.493 e. The van der Waals surface area contributed by atoms with Crippen molar-refractivity contribution in [2.45, 2.75) is 45.2 Å². The van der Waals surface area contributed by atoms with E-state index in [2.05, 4.69) is 5.32 Å². The van der Waals surface area contributed by atoms with Crippen LogP contribution in [-0.2, 0) is 9.59 Å². The number of hydrogen-bond donors (Lipinski definition) is 1. The van der Waals surface area contributed by atoms with E-state index in [4.69, 9.17) is 9.47 Å². The number of hydrogen-bond acceptors (Lipinski definition) is 5. The molecule has 2 heterocycles. The third-order valence-corrected chi connectivity index (χ3v) is 5.54. The fourth-order valence-corrected chi connectivity index (χ4v) is 3.89. The highest BCUT2D eigenvalue weighted by Crippen LogP contribution is 2.31. The molecule has 2 aliphatic heterocycles. The van der Waals surface area contributed by atoms with Crippen molar-refractivity contribution in [2.75, 3.05) is 26.8 Å². The van der Waals surface area contributed by atoms with Crippen LogP contribution in [-0.4, -0.2) is 66.0 Å². The number of methoxy groups -OCH3 is 1. The Morgan fingerprint density at radius 1 is 1.23 bits per heavy atom. The molecule has 2 fully saturated rings. The molecule has 0 aromatic heterocycles. The minimum Gasteiger partial charge on any atom is -0.493 e. The first-order chi connectivity index (χ1) is 14.3. The van der Waals surface area contributed by atoms with E-state index < -0.39 is 5.54 Å². The van der Waals surface area contributed by atoms with Crippen LogP contribution in [0.3, 0.4) is 0 Å². The van der Waals surface area contributed by atoms with Gasteiger partial charge in [0.1, 0.15) is 5.54 Å². The average Bonchev–Trinajstić information content (AvgIpc) is 2.97. The lowest BCUT2D eigenvalue weighted by Crippen LogP contribution is -2.55. The number of imide groups is 1. The summed E-state index contributed by atoms with van der Waals surface area (Å²) in [5.41, 5.74) is -0.0624. The molecule has 0 atom stereocenters. The minimum atomic E-state index is -0.885. The first-order valence-corrected chi connectivity index (χ1v) is 10.2. The van der Waals surface area contributed by atoms with E-state index in [9.17, 15) is 14.4 Å². The molecule has 4 amide bonds. The summed E-state index contributed by atoms with van der Waals surface area (Å²) in [7, 11) is 1.57. The molecule has 1 N–H and O–H groups in total. The van der Waals surface area contributed by atoms with Crippen molar-refractivity contribution >= 4 is 23.9 Å². The standard InChI is InChI=1S/C22H29N3O5/c1-5-30-17-8-6-16(14-18(17)29-4)7-9-19(26)24-12-10-22(11-13-24)20(27)25(15(2)3)21(28)23-22/h6-9,14-15H,5,10-13H2,1-4H3,(H,23,28)/b9-7+. The summed E-state index contributed by atoms with van der Waals surface area (Å²) in [6.45, 7) is 6.89. The second kappa shape index (κ2) is 8.77. The van der Waals surface area contributed by atoms with Crippen LogP contribution >= 0.6 is 0 Å². The third-order valence-electron chi connectivity index (χ3n) is 5.54. The number of nitrogens with one attached hydrogen (secondary N) is 1. The van der Waals surface area contributed by atoms with E-state index in [1.165, 1.54) is 11.0 Å². The monoisotopic (exact) mass is 415 g/mol. The number of carbonyl (C=O) groups excluding carboxylic acids is 3. The van der Waals surface area contributed by atoms with Gasteiger partial charge in [0.25, 0.3) is 5.91 Å². The molecule has 30 heavy (non-hydrogen) atoms. The van der Waals surface area contributed by atoms with Crippen molar-refractivity contribution in [3.63, 3.8) is 0 Å². The topological polar surface area (TPSA) is 88.2 Å². The van der Waals surface area contributed by atoms with Gasteiger partial charge in [0.15, 0.2) is 11.5 Å². The van der Waals surface area contributed by atoms with Crippen LogP contribution in [0.5, 0.6) is 11.5 Å². The van der Waals surface area contributed by atoms with Crippen molar-refractivity contribution in [1.29, 1.82) is 0 Å². The van der Waals surface area contributed by atoms with Crippen LogP contribution in [0, 0.1) is 0 Å². The Morgan fingerprint density at radius 3 is 2.50 bits per heavy atom. The summed E-state index contributed by atoms with van der Waals surface area (Å²) >= 11 is 0. The second-order valence-corrected chi connectivity index (χ2v) is 7.78. The summed E-state index contributed by atoms with van der Waals surface area (Å²) < 4.78 is 10.8. The van der Waals surface area contributed by atoms with Gasteiger partial charge in [0.2, 0.25) is 5.91 Å². The molecule has 8 nitrogen and oxygen atoms in total. The lowest BCUT2D eigenvalue weighted by atomic mass is 9.87. The lowest BCUT2D eigenvalue weighted by molar-refractivity contribution is -0.137. The van der Waals surface area contributed by atoms with Crippen LogP contribution < -0.4 is 14.8 Å². The molecule has 1 aromatic carbocycles. The number of ether oxygens (including phenoxy) is 2. The van der Waals surface area contributed by atoms with E-state index in [1.54, 1.807) is 18.1 Å². The first-order valence-electron chi connectivity index (χ1n) is 10.2. The molecule has 1 spiro atoms. The summed E-state index contributed by atoms with van der Waals surface area (Å²) in [4.78, 5) is 40.5. The Labute approximate surface area is 176 Å². The van der Waals surface area contributed by atoms with Gasteiger partial charge in [-0.25, -0.2) is 4.79 Å². The van der Waals surface area contributed by atoms with Gasteiger partial charge in [0.05, 0.1) is 13.7 Å². The zero-order chi connectivity index (χ0) is 21.9. The van der Waals surface area contributed by atoms with Gasteiger partial charge in [-0.3, -0.25) is 14.5 Å². The molecule has 8 heteroatoms. The average molecular weight is 415 g/mol. The highest BCUT2D eigenvalue weighted by Gasteiger charge is 2.53. The van der Waals surface area contributed by atoms with Crippen molar-refractivity contribution < 1.29 is 23.9 Å². The quantitative estimate of drug-likeness (QED) is 0.570. The predicted octanol–water partition coefficient (Wildman–Crippen LogP) is 2.43. The molecule has 2 saturated heterocycles. The van der Waals surface area contributed by atoms with Crippen LogP contribution in [0.15, 0.2) is 24.3 Å². The molecule has 0 unspecified atom stereocenters. The molecule has 0 aliphatic carbocycles. The van der Waals surface area contributed by atoms with E-state index in [-0.39, 0.29) is 23.9 Å². The maximum Gasteiger partial charge on any atom is 0.325 e. The third kappa shape index (κ3) is 4.13. The Morgan fingerprint density at radius 2 is 1.93 bits per heavy atom. The van der Waals surface area contributed by atoms with Crippen molar-refractivity contribution in [1.82, 2.24) is 15.1 Å². The van der Waals surface area contributed by atoms with Gasteiger partial charge in [-0.1, -0.05) is 6.07 Å². The molecule has 0 radical (unpaired) electrons. The minimum absolute atomic E-state index is 0.129. The number of nitrogens with zero attached hydrogens (tertiary/aromatic N) is 2. The van der Waals surface area contributed by atoms with Gasteiger partial charge in [-0.05, 0) is 57.4 Å². The summed E-state index contributed by atoms with van der Waals surface area (Å²) in [6, 6.07) is 4.94. The van der Waals surface area contributed by atoms with E-state index in [0.29, 0.717) is 44.0 Å². The number of benzene rings is 1. The maximum absolute atomic E-state index is 12.8. The highest BCUT2D eigenvalue weighted by molar-refractivity contribution is 6.07. The summed E-state index contributed by atoms with van der Waals surface area (Å²) in [6.07, 6.45) is 4.07. The maximum atomic E-state index is 12.8. The fourth-order valence-electron chi connectivity index (χ4n) is 3.89. The number of carbonyl (C=O) groups is 3. The number of rotatable bonds is 6. The highest BCUT2D eigenvalue weighted by atomic mass is 16.5. The van der Waals surface area contributed by atoms with Gasteiger partial charge in [-0.15, -0.1) is 0 Å². The number of urea groups is 1. The smallest absolute Gasteiger partial charge is 0.325 e. The summed E-state index contributed by atoms with van der Waals surface area (Å²) in [5.74, 6) is 0.946. The fraction of sp³-hybridized carbons (Fsp3) is 0.500. The van der Waals surface area contributed by atoms with E-state index in [0.717, 1.165) is 5.56 Å². The van der Waals surface area contributed by atoms with Crippen LogP contribution in [0.25, 0.3) is 6.08 Å². The van der Waals surface area contributed by atoms with Crippen LogP contribution in [0.1, 0.15) is 39.2 Å². The molecular weight excluding hydrogens is 386 g/mol. The van der Waals surface area contributed by atoms with Gasteiger partial charge >= 0.3 is 6.03 Å². The molecule has 162 valence electrons. The molecular formula is C22H29N3O5. The van der Waals surface area contributed by atoms with Gasteiger partial charge in [-0.2, -0.15) is 0 Å². The zero-order valence-corrected chi connectivity index (χ0v) is 17.9. The molecule has 0 bridgehead atoms. The Balaban J connectivity index is 1.62. The number of piperidine rings is 1. The molecule has 1 aromatic rings. The van der Waals surface area contributed by atoms with Crippen LogP contribution in [0.2, 0.25) is 0 Å². The molecule has 2 aliphatic rings. The van der Waals surface area contributed by atoms with E-state index >= 15 is 0 Å². The normalized spacial score (nSPS) is 18.4. The molecule has 3 rings (SSSR count). The Kier molecular flexibility index (Phi) is 6.34. The Hall–Kier alpha value is -3.03. The van der Waals surface area contributed by atoms with Crippen molar-refractivity contribution in [3.05, 3.63) is 29.8 Å². The number of amides is 4. The Bertz CT molecular complexity index is 856. The first kappa shape index (κ1) is 21.7. The number of likely N-dealkylation sites (tertiary alicyclic amines) is 1. The van der Waals surface area contributed by atoms with Gasteiger partial charge < -0.3 is 19.7 Å². The van der Waals surface area contributed by atoms with Crippen LogP contribution in [0.4, 0.5) is 4.79 Å².